The summed E-state index contributed by atoms with van der Waals surface area (Å²) >= 11 is 1.46. The molecule has 37 heavy (non-hydrogen) atoms. The first-order valence-electron chi connectivity index (χ1n) is 11.7. The van der Waals surface area contributed by atoms with Gasteiger partial charge in [-0.15, -0.1) is 47.0 Å². The van der Waals surface area contributed by atoms with Crippen LogP contribution < -0.4 is 29.6 Å². The molecule has 186 valence electrons. The van der Waals surface area contributed by atoms with Gasteiger partial charge in [0.05, 0.1) is 12.9 Å². The molecule has 0 N–H and O–H groups in total. The standard InChI is InChI=1S/C14H11O.C13H10.C6H7.2ClH.Zr/c1-15-12-6-7-14-11(9-12)8-10-4-2-3-5-13(10)14;1-3-7-12(8-4-1)11-13-9-5-2-6-10-13;1-6-4-2-3-5-6;;;/h2-9H,1H3;1-10H;4-5H,2H2,1H3;2*1H;/q-1;;-1;;;+2/p-2. The van der Waals surface area contributed by atoms with Crippen molar-refractivity contribution in [2.24, 2.45) is 0 Å². The van der Waals surface area contributed by atoms with Crippen molar-refractivity contribution < 1.29 is 53.8 Å². The Morgan fingerprint density at radius 2 is 1.32 bits per heavy atom. The Kier molecular flexibility index (Phi) is 12.9. The fourth-order valence-corrected chi connectivity index (χ4v) is 4.76. The first-order valence-corrected chi connectivity index (χ1v) is 12.9. The van der Waals surface area contributed by atoms with Crippen molar-refractivity contribution in [3.8, 4) is 5.75 Å². The third-order valence-electron chi connectivity index (χ3n) is 5.82. The molecule has 0 fully saturated rings. The van der Waals surface area contributed by atoms with Gasteiger partial charge in [-0.25, -0.2) is 11.6 Å². The first-order chi connectivity index (χ1) is 17.2. The number of hydrogen-bond donors (Lipinski definition) is 0. The fourth-order valence-electron chi connectivity index (χ4n) is 3.94. The molecule has 1 aliphatic carbocycles. The van der Waals surface area contributed by atoms with Gasteiger partial charge in [-0.2, -0.15) is 6.08 Å². The van der Waals surface area contributed by atoms with Crippen molar-refractivity contribution in [1.82, 2.24) is 0 Å². The maximum atomic E-state index is 5.22. The van der Waals surface area contributed by atoms with Crippen LogP contribution in [0.5, 0.6) is 5.75 Å². The molecule has 0 unspecified atom stereocenters. The monoisotopic (exact) mass is 600 g/mol. The van der Waals surface area contributed by atoms with E-state index in [9.17, 15) is 0 Å². The Bertz CT molecular complexity index is 1420. The van der Waals surface area contributed by atoms with E-state index in [-0.39, 0.29) is 24.8 Å². The Hall–Kier alpha value is -2.64. The molecule has 5 aromatic carbocycles. The Labute approximate surface area is 247 Å². The molecule has 0 radical (unpaired) electrons. The van der Waals surface area contributed by atoms with E-state index in [0.717, 1.165) is 12.2 Å². The summed E-state index contributed by atoms with van der Waals surface area (Å²) in [4.78, 5) is 0. The molecule has 0 aliphatic heterocycles. The van der Waals surface area contributed by atoms with Crippen molar-refractivity contribution in [3.05, 3.63) is 144 Å². The summed E-state index contributed by atoms with van der Waals surface area (Å²) in [5.41, 5.74) is 4.00. The number of halogens is 2. The van der Waals surface area contributed by atoms with E-state index in [4.69, 9.17) is 4.74 Å². The molecular formula is C33H28Cl2OZr-2. The second-order valence-corrected chi connectivity index (χ2v) is 9.52. The van der Waals surface area contributed by atoms with Gasteiger partial charge in [0.1, 0.15) is 0 Å². The zero-order valence-electron chi connectivity index (χ0n) is 20.9. The molecular weight excluding hydrogens is 574 g/mol. The molecule has 5 aromatic rings. The molecule has 4 heteroatoms. The van der Waals surface area contributed by atoms with Crippen LogP contribution in [-0.4, -0.2) is 10.3 Å². The molecule has 0 spiro atoms. The molecule has 1 aliphatic rings. The van der Waals surface area contributed by atoms with E-state index in [1.165, 1.54) is 65.7 Å². The van der Waals surface area contributed by atoms with Crippen molar-refractivity contribution in [3.63, 3.8) is 0 Å². The van der Waals surface area contributed by atoms with Gasteiger partial charge in [-0.05, 0) is 6.07 Å². The van der Waals surface area contributed by atoms with E-state index >= 15 is 0 Å². The van der Waals surface area contributed by atoms with Gasteiger partial charge in [0, 0.05) is 0 Å². The average Bonchev–Trinajstić information content (AvgIpc) is 3.56. The first kappa shape index (κ1) is 30.6. The van der Waals surface area contributed by atoms with Crippen molar-refractivity contribution in [1.29, 1.82) is 0 Å². The van der Waals surface area contributed by atoms with Crippen molar-refractivity contribution in [2.45, 2.75) is 13.3 Å². The summed E-state index contributed by atoms with van der Waals surface area (Å²) in [6.07, 6.45) is 8.24. The molecule has 0 atom stereocenters. The Morgan fingerprint density at radius 3 is 1.84 bits per heavy atom. The summed E-state index contributed by atoms with van der Waals surface area (Å²) in [6.45, 7) is 2.08. The Balaban J connectivity index is 0.000000205. The molecule has 0 amide bonds. The molecule has 0 aromatic heterocycles. The van der Waals surface area contributed by atoms with Crippen LogP contribution in [0.4, 0.5) is 0 Å². The molecule has 0 saturated heterocycles. The zero-order chi connectivity index (χ0) is 24.5. The second kappa shape index (κ2) is 15.6. The van der Waals surface area contributed by atoms with Gasteiger partial charge in [0.15, 0.2) is 0 Å². The van der Waals surface area contributed by atoms with Gasteiger partial charge in [0.2, 0.25) is 0 Å². The third-order valence-corrected chi connectivity index (χ3v) is 7.24. The minimum atomic E-state index is 0. The van der Waals surface area contributed by atoms with Crippen LogP contribution in [0.3, 0.4) is 0 Å². The SMILES string of the molecule is CC1=CC[C-]=C1.COc1ccc2c(c1)[cH-]c1ccccc12.[Cl-].[Cl-].[Zr+2]=[C](c1ccccc1)c1ccccc1. The van der Waals surface area contributed by atoms with Crippen molar-refractivity contribution >= 4 is 24.8 Å². The minimum absolute atomic E-state index is 0. The fraction of sp³-hybridized carbons (Fsp3) is 0.0909. The number of fused-ring (bicyclic) bond motifs is 3. The van der Waals surface area contributed by atoms with Crippen LogP contribution in [-0.2, 0) is 24.2 Å². The van der Waals surface area contributed by atoms with E-state index in [2.05, 4.69) is 122 Å². The van der Waals surface area contributed by atoms with Gasteiger partial charge in [0.25, 0.3) is 0 Å². The van der Waals surface area contributed by atoms with Crippen LogP contribution in [0, 0.1) is 6.08 Å². The van der Waals surface area contributed by atoms with Crippen LogP contribution in [0.25, 0.3) is 21.5 Å². The van der Waals surface area contributed by atoms with Gasteiger partial charge in [-0.3, -0.25) is 6.08 Å². The van der Waals surface area contributed by atoms with E-state index in [1.54, 1.807) is 7.11 Å². The topological polar surface area (TPSA) is 9.23 Å². The number of ether oxygens (including phenoxy) is 1. The molecule has 0 heterocycles. The molecule has 0 bridgehead atoms. The number of methoxy groups -OCH3 is 1. The number of rotatable bonds is 3. The average molecular weight is 603 g/mol. The maximum absolute atomic E-state index is 5.22. The number of allylic oxidation sites excluding steroid dienone is 4. The van der Waals surface area contributed by atoms with E-state index < -0.39 is 0 Å². The quantitative estimate of drug-likeness (QED) is 0.288. The van der Waals surface area contributed by atoms with Gasteiger partial charge >= 0.3 is 99.2 Å². The van der Waals surface area contributed by atoms with Gasteiger partial charge in [-0.1, -0.05) is 30.3 Å². The number of benzene rings is 4. The summed E-state index contributed by atoms with van der Waals surface area (Å²) in [6, 6.07) is 38.0. The van der Waals surface area contributed by atoms with E-state index in [1.807, 2.05) is 12.1 Å². The van der Waals surface area contributed by atoms with Crippen LogP contribution >= 0.6 is 0 Å². The summed E-state index contributed by atoms with van der Waals surface area (Å²) in [5.74, 6) is 0.915. The van der Waals surface area contributed by atoms with Crippen LogP contribution in [0.15, 0.2) is 127 Å². The summed E-state index contributed by atoms with van der Waals surface area (Å²) in [5, 5.41) is 5.15. The predicted octanol–water partition coefficient (Wildman–Crippen LogP) is 2.23. The Morgan fingerprint density at radius 1 is 0.757 bits per heavy atom. The molecule has 0 saturated carbocycles. The number of hydrogen-bond acceptors (Lipinski definition) is 1. The van der Waals surface area contributed by atoms with Gasteiger partial charge < -0.3 is 29.6 Å². The summed E-state index contributed by atoms with van der Waals surface area (Å²) in [7, 11) is 1.70. The predicted molar refractivity (Wildman–Crippen MR) is 146 cm³/mol. The van der Waals surface area contributed by atoms with Crippen molar-refractivity contribution in [2.75, 3.05) is 7.11 Å². The van der Waals surface area contributed by atoms with Crippen LogP contribution in [0.2, 0.25) is 0 Å². The summed E-state index contributed by atoms with van der Waals surface area (Å²) < 4.78 is 6.63. The normalized spacial score (nSPS) is 11.2. The zero-order valence-corrected chi connectivity index (χ0v) is 24.9. The third kappa shape index (κ3) is 8.44. The van der Waals surface area contributed by atoms with Crippen LogP contribution in [0.1, 0.15) is 24.5 Å². The molecule has 6 rings (SSSR count). The van der Waals surface area contributed by atoms with E-state index in [0.29, 0.717) is 0 Å². The molecule has 1 nitrogen and oxygen atoms in total. The second-order valence-electron chi connectivity index (χ2n) is 8.29.